The summed E-state index contributed by atoms with van der Waals surface area (Å²) in [5.74, 6) is -1.59. The van der Waals surface area contributed by atoms with Crippen molar-refractivity contribution >= 4 is 39.1 Å². The first-order valence-electron chi connectivity index (χ1n) is 9.85. The Morgan fingerprint density at radius 1 is 1.19 bits per heavy atom. The Kier molecular flexibility index (Phi) is 6.78. The van der Waals surface area contributed by atoms with E-state index in [2.05, 4.69) is 15.9 Å². The van der Waals surface area contributed by atoms with E-state index in [9.17, 15) is 19.7 Å². The smallest absolute Gasteiger partial charge is 0.338 e. The van der Waals surface area contributed by atoms with Crippen LogP contribution < -0.4 is 10.6 Å². The van der Waals surface area contributed by atoms with Gasteiger partial charge in [0.25, 0.3) is 5.69 Å². The van der Waals surface area contributed by atoms with E-state index in [1.54, 1.807) is 32.0 Å². The Labute approximate surface area is 193 Å². The average Bonchev–Trinajstić information content (AvgIpc) is 2.74. The molecule has 0 radical (unpaired) electrons. The summed E-state index contributed by atoms with van der Waals surface area (Å²) in [6.45, 7) is 4.92. The molecule has 2 aromatic rings. The van der Waals surface area contributed by atoms with Gasteiger partial charge in [0, 0.05) is 27.9 Å². The molecular weight excluding hydrogens is 478 g/mol. The third-order valence-corrected chi connectivity index (χ3v) is 5.72. The van der Waals surface area contributed by atoms with E-state index in [1.165, 1.54) is 30.0 Å². The number of nitro groups is 1. The number of allylic oxidation sites excluding steroid dienone is 2. The maximum absolute atomic E-state index is 13.0. The molecule has 1 atom stereocenters. The van der Waals surface area contributed by atoms with Crippen LogP contribution in [-0.4, -0.2) is 23.3 Å². The van der Waals surface area contributed by atoms with Crippen LogP contribution in [0.2, 0.25) is 0 Å². The second-order valence-electron chi connectivity index (χ2n) is 7.17. The summed E-state index contributed by atoms with van der Waals surface area (Å²) in [5, 5.41) is 11.3. The summed E-state index contributed by atoms with van der Waals surface area (Å²) in [6.07, 6.45) is 0. The predicted molar refractivity (Wildman–Crippen MR) is 124 cm³/mol. The molecule has 0 aliphatic carbocycles. The van der Waals surface area contributed by atoms with Gasteiger partial charge in [0.05, 0.1) is 28.7 Å². The average molecular weight is 500 g/mol. The third-order valence-electron chi connectivity index (χ3n) is 5.20. The highest BCUT2D eigenvalue weighted by Crippen LogP contribution is 2.43. The van der Waals surface area contributed by atoms with Crippen molar-refractivity contribution in [3.8, 4) is 0 Å². The van der Waals surface area contributed by atoms with Crippen molar-refractivity contribution in [2.45, 2.75) is 26.7 Å². The second kappa shape index (κ2) is 9.35. The molecule has 1 unspecified atom stereocenters. The number of hydrogen-bond donors (Lipinski definition) is 1. The van der Waals surface area contributed by atoms with E-state index < -0.39 is 16.8 Å². The molecule has 8 nitrogen and oxygen atoms in total. The minimum atomic E-state index is -0.741. The SMILES string of the molecule is CCOC(=O)C1=C(N)N(c2cccc([N+](=O)[O-])c2)C(C)=C(C(C)=O)C1c1ccc(Br)cc1. The fourth-order valence-electron chi connectivity index (χ4n) is 3.88. The topological polar surface area (TPSA) is 116 Å². The van der Waals surface area contributed by atoms with Gasteiger partial charge >= 0.3 is 5.97 Å². The Hall–Kier alpha value is -3.46. The number of nitrogens with two attached hydrogens (primary N) is 1. The Bertz CT molecular complexity index is 1150. The van der Waals surface area contributed by atoms with Gasteiger partial charge in [-0.05, 0) is 44.5 Å². The largest absolute Gasteiger partial charge is 0.463 e. The number of nitrogens with zero attached hydrogens (tertiary/aromatic N) is 2. The summed E-state index contributed by atoms with van der Waals surface area (Å²) < 4.78 is 6.12. The van der Waals surface area contributed by atoms with Gasteiger partial charge in [-0.25, -0.2) is 4.79 Å². The monoisotopic (exact) mass is 499 g/mol. The quantitative estimate of drug-likeness (QED) is 0.351. The number of carbonyl (C=O) groups excluding carboxylic acids is 2. The normalized spacial score (nSPS) is 16.2. The van der Waals surface area contributed by atoms with Crippen molar-refractivity contribution in [1.82, 2.24) is 0 Å². The Balaban J connectivity index is 2.31. The molecule has 0 fully saturated rings. The number of benzene rings is 2. The number of ether oxygens (including phenoxy) is 1. The number of rotatable bonds is 6. The molecule has 1 aliphatic rings. The molecule has 0 aromatic heterocycles. The molecule has 0 spiro atoms. The first-order chi connectivity index (χ1) is 15.2. The van der Waals surface area contributed by atoms with Crippen LogP contribution in [0.1, 0.15) is 32.3 Å². The number of ketones is 1. The van der Waals surface area contributed by atoms with Crippen LogP contribution in [0.4, 0.5) is 11.4 Å². The van der Waals surface area contributed by atoms with Gasteiger partial charge in [-0.15, -0.1) is 0 Å². The van der Waals surface area contributed by atoms with E-state index in [0.29, 0.717) is 22.5 Å². The number of anilines is 1. The number of non-ortho nitro benzene ring substituents is 1. The molecule has 1 aliphatic heterocycles. The van der Waals surface area contributed by atoms with Crippen molar-refractivity contribution in [2.75, 3.05) is 11.5 Å². The number of Topliss-reactive ketones (excluding diaryl/α,β-unsaturated/α-hetero) is 1. The molecule has 3 rings (SSSR count). The molecule has 0 amide bonds. The molecule has 9 heteroatoms. The number of carbonyl (C=O) groups is 2. The summed E-state index contributed by atoms with van der Waals surface area (Å²) >= 11 is 3.39. The Morgan fingerprint density at radius 3 is 2.41 bits per heavy atom. The van der Waals surface area contributed by atoms with Crippen molar-refractivity contribution in [3.63, 3.8) is 0 Å². The zero-order valence-electron chi connectivity index (χ0n) is 17.8. The lowest BCUT2D eigenvalue weighted by Crippen LogP contribution is -2.38. The summed E-state index contributed by atoms with van der Waals surface area (Å²) in [6, 6.07) is 13.1. The molecule has 1 heterocycles. The standard InChI is InChI=1S/C23H22BrN3O5/c1-4-32-23(29)21-20(15-8-10-16(24)11-9-15)19(14(3)28)13(2)26(22(21)25)17-6-5-7-18(12-17)27(30)31/h5-12,20H,4,25H2,1-3H3. The van der Waals surface area contributed by atoms with E-state index >= 15 is 0 Å². The number of nitro benzene ring substituents is 1. The van der Waals surface area contributed by atoms with E-state index in [1.807, 2.05) is 12.1 Å². The number of halogens is 1. The van der Waals surface area contributed by atoms with Crippen molar-refractivity contribution in [1.29, 1.82) is 0 Å². The molecule has 32 heavy (non-hydrogen) atoms. The van der Waals surface area contributed by atoms with Crippen LogP contribution in [-0.2, 0) is 14.3 Å². The predicted octanol–water partition coefficient (Wildman–Crippen LogP) is 4.56. The molecular formula is C23H22BrN3O5. The van der Waals surface area contributed by atoms with Crippen LogP contribution in [0.3, 0.4) is 0 Å². The fraction of sp³-hybridized carbons (Fsp3) is 0.217. The molecule has 0 bridgehead atoms. The highest BCUT2D eigenvalue weighted by molar-refractivity contribution is 9.10. The lowest BCUT2D eigenvalue weighted by atomic mass is 9.79. The van der Waals surface area contributed by atoms with Crippen molar-refractivity contribution in [3.05, 3.63) is 91.3 Å². The van der Waals surface area contributed by atoms with Gasteiger partial charge in [-0.1, -0.05) is 34.1 Å². The minimum Gasteiger partial charge on any atom is -0.463 e. The van der Waals surface area contributed by atoms with E-state index in [4.69, 9.17) is 10.5 Å². The Morgan fingerprint density at radius 2 is 1.84 bits per heavy atom. The first-order valence-corrected chi connectivity index (χ1v) is 10.6. The van der Waals surface area contributed by atoms with Crippen LogP contribution >= 0.6 is 15.9 Å². The highest BCUT2D eigenvalue weighted by atomic mass is 79.9. The lowest BCUT2D eigenvalue weighted by Gasteiger charge is -2.37. The highest BCUT2D eigenvalue weighted by Gasteiger charge is 2.40. The molecule has 2 N–H and O–H groups in total. The van der Waals surface area contributed by atoms with Gasteiger partial charge in [0.1, 0.15) is 5.82 Å². The third kappa shape index (κ3) is 4.29. The number of hydrogen-bond acceptors (Lipinski definition) is 7. The van der Waals surface area contributed by atoms with Gasteiger partial charge in [-0.3, -0.25) is 19.8 Å². The van der Waals surface area contributed by atoms with Gasteiger partial charge in [0.2, 0.25) is 0 Å². The number of esters is 1. The minimum absolute atomic E-state index is 0.0550. The molecule has 166 valence electrons. The zero-order valence-corrected chi connectivity index (χ0v) is 19.4. The molecule has 0 saturated heterocycles. The zero-order chi connectivity index (χ0) is 23.6. The van der Waals surface area contributed by atoms with Crippen molar-refractivity contribution < 1.29 is 19.2 Å². The van der Waals surface area contributed by atoms with Gasteiger partial charge in [0.15, 0.2) is 5.78 Å². The van der Waals surface area contributed by atoms with Crippen LogP contribution in [0.15, 0.2) is 75.7 Å². The summed E-state index contributed by atoms with van der Waals surface area (Å²) in [4.78, 5) is 38.1. The molecule has 0 saturated carbocycles. The van der Waals surface area contributed by atoms with Crippen LogP contribution in [0.5, 0.6) is 0 Å². The van der Waals surface area contributed by atoms with Crippen LogP contribution in [0.25, 0.3) is 0 Å². The fourth-order valence-corrected chi connectivity index (χ4v) is 4.14. The lowest BCUT2D eigenvalue weighted by molar-refractivity contribution is -0.384. The maximum atomic E-state index is 13.0. The second-order valence-corrected chi connectivity index (χ2v) is 8.09. The van der Waals surface area contributed by atoms with E-state index in [-0.39, 0.29) is 29.5 Å². The maximum Gasteiger partial charge on any atom is 0.338 e. The summed E-state index contributed by atoms with van der Waals surface area (Å²) in [7, 11) is 0. The summed E-state index contributed by atoms with van der Waals surface area (Å²) in [5.41, 5.74) is 8.37. The first kappa shape index (κ1) is 23.2. The molecule has 2 aromatic carbocycles. The van der Waals surface area contributed by atoms with Crippen molar-refractivity contribution in [2.24, 2.45) is 5.73 Å². The van der Waals surface area contributed by atoms with E-state index in [0.717, 1.165) is 4.47 Å². The van der Waals surface area contributed by atoms with Crippen LogP contribution in [0, 0.1) is 10.1 Å². The van der Waals surface area contributed by atoms with Gasteiger partial charge in [-0.2, -0.15) is 0 Å². The van der Waals surface area contributed by atoms with Gasteiger partial charge < -0.3 is 10.5 Å².